The van der Waals surface area contributed by atoms with Crippen molar-refractivity contribution in [2.24, 2.45) is 0 Å². The Balaban J connectivity index is 1.67. The molecule has 3 N–H and O–H groups in total. The number of aromatic nitrogens is 3. The first-order valence-corrected chi connectivity index (χ1v) is 9.59. The molecule has 28 heavy (non-hydrogen) atoms. The molecule has 0 bridgehead atoms. The summed E-state index contributed by atoms with van der Waals surface area (Å²) in [6.45, 7) is 1.63. The monoisotopic (exact) mass is 402 g/mol. The summed E-state index contributed by atoms with van der Waals surface area (Å²) in [7, 11) is -2.47. The molecule has 0 aliphatic carbocycles. The second-order valence-electron chi connectivity index (χ2n) is 5.65. The highest BCUT2D eigenvalue weighted by Crippen LogP contribution is 2.15. The molecule has 0 spiro atoms. The van der Waals surface area contributed by atoms with Crippen molar-refractivity contribution in [1.82, 2.24) is 25.4 Å². The molecular weight excluding hydrogens is 384 g/mol. The van der Waals surface area contributed by atoms with E-state index in [2.05, 4.69) is 21.2 Å². The highest BCUT2D eigenvalue weighted by molar-refractivity contribution is 7.89. The second-order valence-corrected chi connectivity index (χ2v) is 7.33. The van der Waals surface area contributed by atoms with E-state index in [1.807, 2.05) is 35.2 Å². The van der Waals surface area contributed by atoms with Gasteiger partial charge in [0.2, 0.25) is 0 Å². The fraction of sp³-hybridized carbons (Fsp3) is 0.118. The maximum Gasteiger partial charge on any atom is 0.288 e. The second kappa shape index (κ2) is 8.06. The van der Waals surface area contributed by atoms with Crippen molar-refractivity contribution in [2.75, 3.05) is 12.5 Å². The predicted octanol–water partition coefficient (Wildman–Crippen LogP) is 1.09. The van der Waals surface area contributed by atoms with Crippen molar-refractivity contribution in [1.29, 1.82) is 0 Å². The largest absolute Gasteiger partial charge is 0.497 e. The van der Waals surface area contributed by atoms with Crippen LogP contribution in [0.15, 0.2) is 59.5 Å². The van der Waals surface area contributed by atoms with Crippen molar-refractivity contribution in [3.05, 3.63) is 66.0 Å². The Labute approximate surface area is 161 Å². The summed E-state index contributed by atoms with van der Waals surface area (Å²) in [6, 6.07) is 14.9. The van der Waals surface area contributed by atoms with Gasteiger partial charge in [-0.2, -0.15) is 4.79 Å². The van der Waals surface area contributed by atoms with Crippen molar-refractivity contribution in [3.8, 4) is 5.75 Å². The Morgan fingerprint density at radius 3 is 2.39 bits per heavy atom. The number of para-hydroxylation sites is 1. The van der Waals surface area contributed by atoms with Crippen molar-refractivity contribution in [2.45, 2.75) is 11.8 Å². The summed E-state index contributed by atoms with van der Waals surface area (Å²) < 4.78 is 29.5. The fourth-order valence-electron chi connectivity index (χ4n) is 2.27. The standard InChI is InChI=1S/C17H18N6O4S/c1-12-16(18-21-23(12)20-13-6-4-3-5-7-13)17(24)19-22-28(25,26)15-10-8-14(27-2)9-11-15/h3-11,20,22H,1-2H3,(H,19,24). The number of methoxy groups -OCH3 is 1. The Hall–Kier alpha value is -3.44. The normalized spacial score (nSPS) is 11.1. The van der Waals surface area contributed by atoms with Crippen LogP contribution in [0.3, 0.4) is 0 Å². The SMILES string of the molecule is COc1ccc(S(=O)(=O)NNC(=O)c2nnn(Nc3ccccc3)c2C)cc1. The summed E-state index contributed by atoms with van der Waals surface area (Å²) in [5, 5.41) is 7.65. The molecule has 0 saturated heterocycles. The molecule has 0 unspecified atom stereocenters. The molecule has 0 atom stereocenters. The molecular formula is C17H18N6O4S. The summed E-state index contributed by atoms with van der Waals surface area (Å²) in [5.74, 6) is -0.225. The summed E-state index contributed by atoms with van der Waals surface area (Å²) >= 11 is 0. The van der Waals surface area contributed by atoms with Crippen LogP contribution in [0, 0.1) is 6.92 Å². The maximum atomic E-state index is 12.3. The minimum absolute atomic E-state index is 0.0270. The molecule has 1 heterocycles. The summed E-state index contributed by atoms with van der Waals surface area (Å²) in [5.41, 5.74) is 6.23. The Bertz CT molecular complexity index is 1060. The number of hydrazine groups is 1. The highest BCUT2D eigenvalue weighted by atomic mass is 32.2. The first kappa shape index (κ1) is 19.3. The average molecular weight is 402 g/mol. The first-order chi connectivity index (χ1) is 13.4. The maximum absolute atomic E-state index is 12.3. The van der Waals surface area contributed by atoms with Gasteiger partial charge in [-0.3, -0.25) is 15.6 Å². The quantitative estimate of drug-likeness (QED) is 0.505. The zero-order valence-corrected chi connectivity index (χ0v) is 15.9. The van der Waals surface area contributed by atoms with Gasteiger partial charge in [-0.15, -0.1) is 9.93 Å². The molecule has 0 aliphatic heterocycles. The molecule has 11 heteroatoms. The van der Waals surface area contributed by atoms with Crippen LogP contribution in [0.1, 0.15) is 16.2 Å². The molecule has 10 nitrogen and oxygen atoms in total. The number of nitrogens with one attached hydrogen (secondary N) is 3. The van der Waals surface area contributed by atoms with Gasteiger partial charge in [-0.25, -0.2) is 8.42 Å². The summed E-state index contributed by atoms with van der Waals surface area (Å²) in [6.07, 6.45) is 0. The molecule has 1 aromatic heterocycles. The molecule has 1 amide bonds. The van der Waals surface area contributed by atoms with E-state index in [0.717, 1.165) is 5.69 Å². The molecule has 3 rings (SSSR count). The smallest absolute Gasteiger partial charge is 0.288 e. The van der Waals surface area contributed by atoms with E-state index in [1.54, 1.807) is 6.92 Å². The van der Waals surface area contributed by atoms with Crippen molar-refractivity contribution < 1.29 is 17.9 Å². The Morgan fingerprint density at radius 1 is 1.07 bits per heavy atom. The highest BCUT2D eigenvalue weighted by Gasteiger charge is 2.20. The van der Waals surface area contributed by atoms with Gasteiger partial charge in [-0.1, -0.05) is 18.2 Å². The van der Waals surface area contributed by atoms with Gasteiger partial charge in [0.1, 0.15) is 5.75 Å². The Morgan fingerprint density at radius 2 is 1.75 bits per heavy atom. The van der Waals surface area contributed by atoms with Crippen LogP contribution in [0.5, 0.6) is 5.75 Å². The van der Waals surface area contributed by atoms with Crippen LogP contribution < -0.4 is 20.4 Å². The van der Waals surface area contributed by atoms with Gasteiger partial charge in [0.05, 0.1) is 23.4 Å². The lowest BCUT2D eigenvalue weighted by atomic mass is 10.3. The van der Waals surface area contributed by atoms with E-state index in [1.165, 1.54) is 36.2 Å². The number of nitrogens with zero attached hydrogens (tertiary/aromatic N) is 3. The minimum Gasteiger partial charge on any atom is -0.497 e. The van der Waals surface area contributed by atoms with Crippen LogP contribution in [-0.2, 0) is 10.0 Å². The molecule has 0 saturated carbocycles. The number of rotatable bonds is 7. The number of sulfonamides is 1. The first-order valence-electron chi connectivity index (χ1n) is 8.11. The lowest BCUT2D eigenvalue weighted by Gasteiger charge is -2.09. The van der Waals surface area contributed by atoms with Crippen LogP contribution in [0.2, 0.25) is 0 Å². The average Bonchev–Trinajstić information content (AvgIpc) is 3.07. The van der Waals surface area contributed by atoms with Gasteiger partial charge in [0, 0.05) is 0 Å². The van der Waals surface area contributed by atoms with E-state index in [4.69, 9.17) is 4.74 Å². The number of anilines is 1. The van der Waals surface area contributed by atoms with Crippen LogP contribution in [-0.4, -0.2) is 36.5 Å². The number of carbonyl (C=O) groups excluding carboxylic acids is 1. The summed E-state index contributed by atoms with van der Waals surface area (Å²) in [4.78, 5) is 15.6. The number of amides is 1. The Kier molecular flexibility index (Phi) is 5.57. The molecule has 0 radical (unpaired) electrons. The van der Waals surface area contributed by atoms with Gasteiger partial charge >= 0.3 is 0 Å². The van der Waals surface area contributed by atoms with Crippen LogP contribution in [0.4, 0.5) is 5.69 Å². The predicted molar refractivity (Wildman–Crippen MR) is 101 cm³/mol. The van der Waals surface area contributed by atoms with Gasteiger partial charge in [0.15, 0.2) is 5.69 Å². The molecule has 146 valence electrons. The molecule has 0 aliphatic rings. The van der Waals surface area contributed by atoms with Crippen molar-refractivity contribution in [3.63, 3.8) is 0 Å². The van der Waals surface area contributed by atoms with E-state index < -0.39 is 15.9 Å². The van der Waals surface area contributed by atoms with Crippen LogP contribution in [0.25, 0.3) is 0 Å². The van der Waals surface area contributed by atoms with E-state index in [0.29, 0.717) is 11.4 Å². The zero-order valence-electron chi connectivity index (χ0n) is 15.1. The van der Waals surface area contributed by atoms with Crippen molar-refractivity contribution >= 4 is 21.6 Å². The van der Waals surface area contributed by atoms with E-state index >= 15 is 0 Å². The topological polar surface area (TPSA) is 127 Å². The van der Waals surface area contributed by atoms with Gasteiger partial charge in [-0.05, 0) is 48.5 Å². The number of hydrogen-bond acceptors (Lipinski definition) is 7. The number of ether oxygens (including phenoxy) is 1. The minimum atomic E-state index is -3.95. The third-order valence-corrected chi connectivity index (χ3v) is 5.05. The third-order valence-electron chi connectivity index (χ3n) is 3.79. The third kappa shape index (κ3) is 4.27. The fourth-order valence-corrected chi connectivity index (χ4v) is 3.11. The van der Waals surface area contributed by atoms with Gasteiger partial charge < -0.3 is 4.74 Å². The molecule has 3 aromatic rings. The lowest BCUT2D eigenvalue weighted by Crippen LogP contribution is -2.42. The lowest BCUT2D eigenvalue weighted by molar-refractivity contribution is 0.0939. The van der Waals surface area contributed by atoms with E-state index in [9.17, 15) is 13.2 Å². The number of benzene rings is 2. The molecule has 2 aromatic carbocycles. The number of carbonyl (C=O) groups is 1. The molecule has 0 fully saturated rings. The zero-order chi connectivity index (χ0) is 20.1. The van der Waals surface area contributed by atoms with E-state index in [-0.39, 0.29) is 10.6 Å². The van der Waals surface area contributed by atoms with Crippen LogP contribution >= 0.6 is 0 Å². The number of hydrogen-bond donors (Lipinski definition) is 3. The van der Waals surface area contributed by atoms with Gasteiger partial charge in [0.25, 0.3) is 15.9 Å².